The molecule has 0 fully saturated rings. The van der Waals surface area contributed by atoms with E-state index in [0.29, 0.717) is 36.8 Å². The molecular weight excluding hydrogens is 404 g/mol. The lowest BCUT2D eigenvalue weighted by atomic mass is 10.1. The maximum atomic E-state index is 12.9. The third-order valence-corrected chi connectivity index (χ3v) is 5.77. The average molecular weight is 423 g/mol. The number of benzene rings is 1. The summed E-state index contributed by atoms with van der Waals surface area (Å²) in [6.07, 6.45) is 0. The summed E-state index contributed by atoms with van der Waals surface area (Å²) in [5.41, 5.74) is 3.17. The monoisotopic (exact) mass is 422 g/mol. The van der Waals surface area contributed by atoms with Gasteiger partial charge in [0.15, 0.2) is 11.5 Å². The van der Waals surface area contributed by atoms with Gasteiger partial charge in [0.05, 0.1) is 29.2 Å². The maximum absolute atomic E-state index is 12.9. The Labute approximate surface area is 171 Å². The summed E-state index contributed by atoms with van der Waals surface area (Å²) in [6, 6.07) is 9.01. The van der Waals surface area contributed by atoms with E-state index in [-0.39, 0.29) is 5.91 Å². The van der Waals surface area contributed by atoms with Crippen molar-refractivity contribution in [1.29, 1.82) is 0 Å². The lowest BCUT2D eigenvalue weighted by Crippen LogP contribution is -2.30. The Balaban J connectivity index is 1.73. The quantitative estimate of drug-likeness (QED) is 0.506. The van der Waals surface area contributed by atoms with E-state index < -0.39 is 0 Å². The largest absolute Gasteiger partial charge is 0.493 e. The minimum absolute atomic E-state index is 0.0635. The molecule has 27 heavy (non-hydrogen) atoms. The lowest BCUT2D eigenvalue weighted by Gasteiger charge is -2.21. The molecule has 0 aliphatic carbocycles. The van der Waals surface area contributed by atoms with Crippen LogP contribution in [0, 0.1) is 0 Å². The zero-order valence-corrected chi connectivity index (χ0v) is 17.4. The Morgan fingerprint density at radius 1 is 1.26 bits per heavy atom. The van der Waals surface area contributed by atoms with E-state index >= 15 is 0 Å². The van der Waals surface area contributed by atoms with Gasteiger partial charge in [-0.15, -0.1) is 22.7 Å². The topological polar surface area (TPSA) is 51.7 Å². The Morgan fingerprint density at radius 3 is 2.74 bits per heavy atom. The highest BCUT2D eigenvalue weighted by Crippen LogP contribution is 2.30. The molecule has 0 radical (unpaired) electrons. The van der Waals surface area contributed by atoms with Crippen LogP contribution in [0.4, 0.5) is 0 Å². The van der Waals surface area contributed by atoms with E-state index in [0.717, 1.165) is 14.9 Å². The summed E-state index contributed by atoms with van der Waals surface area (Å²) < 4.78 is 11.9. The third kappa shape index (κ3) is 5.00. The number of carbonyl (C=O) groups excluding carboxylic acids is 1. The molecule has 1 aromatic carbocycles. The molecular formula is C19H19ClN2O3S2. The van der Waals surface area contributed by atoms with Crippen LogP contribution in [0.2, 0.25) is 4.34 Å². The zero-order valence-electron chi connectivity index (χ0n) is 15.0. The molecule has 0 spiro atoms. The first-order valence-corrected chi connectivity index (χ1v) is 10.5. The van der Waals surface area contributed by atoms with Gasteiger partial charge in [-0.25, -0.2) is 4.98 Å². The van der Waals surface area contributed by atoms with Crippen LogP contribution in [0.25, 0.3) is 0 Å². The van der Waals surface area contributed by atoms with Crippen LogP contribution < -0.4 is 9.47 Å². The van der Waals surface area contributed by atoms with E-state index in [1.54, 1.807) is 35.7 Å². The van der Waals surface area contributed by atoms with Crippen LogP contribution in [0.1, 0.15) is 27.9 Å². The van der Waals surface area contributed by atoms with E-state index in [1.165, 1.54) is 22.7 Å². The molecule has 0 aliphatic heterocycles. The van der Waals surface area contributed by atoms with Crippen molar-refractivity contribution in [3.63, 3.8) is 0 Å². The number of thiazole rings is 1. The molecule has 142 valence electrons. The molecule has 0 saturated heterocycles. The SMILES string of the molecule is CCN(Cc1ccc(Cl)s1)C(=O)c1ccc(OCc2cscn2)c(OC)c1. The number of nitrogens with zero attached hydrogens (tertiary/aromatic N) is 2. The van der Waals surface area contributed by atoms with Crippen molar-refractivity contribution in [2.24, 2.45) is 0 Å². The van der Waals surface area contributed by atoms with E-state index in [4.69, 9.17) is 21.1 Å². The minimum atomic E-state index is -0.0635. The van der Waals surface area contributed by atoms with Gasteiger partial charge in [0.2, 0.25) is 0 Å². The lowest BCUT2D eigenvalue weighted by molar-refractivity contribution is 0.0753. The van der Waals surface area contributed by atoms with Crippen LogP contribution in [-0.4, -0.2) is 29.4 Å². The Hall–Kier alpha value is -2.09. The van der Waals surface area contributed by atoms with Gasteiger partial charge in [0, 0.05) is 22.4 Å². The van der Waals surface area contributed by atoms with E-state index in [2.05, 4.69) is 4.98 Å². The Morgan fingerprint density at radius 2 is 2.11 bits per heavy atom. The number of aromatic nitrogens is 1. The number of amides is 1. The van der Waals surface area contributed by atoms with Gasteiger partial charge in [-0.1, -0.05) is 11.6 Å². The first-order valence-electron chi connectivity index (χ1n) is 8.32. The molecule has 1 amide bonds. The molecule has 0 N–H and O–H groups in total. The maximum Gasteiger partial charge on any atom is 0.254 e. The highest BCUT2D eigenvalue weighted by Gasteiger charge is 2.18. The number of methoxy groups -OCH3 is 1. The van der Waals surface area contributed by atoms with Gasteiger partial charge < -0.3 is 14.4 Å². The second-order valence-electron chi connectivity index (χ2n) is 5.66. The summed E-state index contributed by atoms with van der Waals surface area (Å²) in [5.74, 6) is 1.04. The van der Waals surface area contributed by atoms with Gasteiger partial charge in [0.25, 0.3) is 5.91 Å². The predicted molar refractivity (Wildman–Crippen MR) is 109 cm³/mol. The smallest absolute Gasteiger partial charge is 0.254 e. The van der Waals surface area contributed by atoms with E-state index in [1.807, 2.05) is 24.4 Å². The second-order valence-corrected chi connectivity index (χ2v) is 8.18. The van der Waals surface area contributed by atoms with Crippen molar-refractivity contribution in [3.8, 4) is 11.5 Å². The third-order valence-electron chi connectivity index (χ3n) is 3.91. The number of hydrogen-bond donors (Lipinski definition) is 0. The molecule has 3 aromatic rings. The molecule has 0 saturated carbocycles. The van der Waals surface area contributed by atoms with Crippen molar-refractivity contribution in [3.05, 3.63) is 61.7 Å². The van der Waals surface area contributed by atoms with Gasteiger partial charge >= 0.3 is 0 Å². The Bertz CT molecular complexity index is 896. The molecule has 2 heterocycles. The second kappa shape index (κ2) is 9.21. The molecule has 0 aliphatic rings. The summed E-state index contributed by atoms with van der Waals surface area (Å²) in [5, 5.41) is 1.93. The van der Waals surface area contributed by atoms with Crippen molar-refractivity contribution in [2.75, 3.05) is 13.7 Å². The number of hydrogen-bond acceptors (Lipinski definition) is 6. The summed E-state index contributed by atoms with van der Waals surface area (Å²) in [6.45, 7) is 3.43. The van der Waals surface area contributed by atoms with E-state index in [9.17, 15) is 4.79 Å². The number of thiophene rings is 1. The van der Waals surface area contributed by atoms with Crippen molar-refractivity contribution in [1.82, 2.24) is 9.88 Å². The molecule has 0 atom stereocenters. The molecule has 8 heteroatoms. The molecule has 5 nitrogen and oxygen atoms in total. The highest BCUT2D eigenvalue weighted by molar-refractivity contribution is 7.16. The van der Waals surface area contributed by atoms with Crippen LogP contribution in [-0.2, 0) is 13.2 Å². The van der Waals surface area contributed by atoms with Crippen LogP contribution in [0.5, 0.6) is 11.5 Å². The molecule has 0 unspecified atom stereocenters. The Kier molecular flexibility index (Phi) is 6.71. The number of ether oxygens (including phenoxy) is 2. The normalized spacial score (nSPS) is 10.6. The van der Waals surface area contributed by atoms with Crippen molar-refractivity contribution < 1.29 is 14.3 Å². The summed E-state index contributed by atoms with van der Waals surface area (Å²) in [4.78, 5) is 19.9. The number of rotatable bonds is 8. The first-order chi connectivity index (χ1) is 13.1. The van der Waals surface area contributed by atoms with Gasteiger partial charge in [0.1, 0.15) is 6.61 Å². The minimum Gasteiger partial charge on any atom is -0.493 e. The van der Waals surface area contributed by atoms with Crippen LogP contribution in [0.15, 0.2) is 41.2 Å². The fraction of sp³-hybridized carbons (Fsp3) is 0.263. The predicted octanol–water partition coefficient (Wildman–Crippen LogP) is 5.11. The van der Waals surface area contributed by atoms with Crippen molar-refractivity contribution in [2.45, 2.75) is 20.1 Å². The molecule has 0 bridgehead atoms. The first kappa shape index (κ1) is 19.7. The standard InChI is InChI=1S/C19H19ClN2O3S2/c1-3-22(9-15-5-7-18(20)27-15)19(23)13-4-6-16(17(8-13)24-2)25-10-14-11-26-12-21-14/h4-8,11-12H,3,9-10H2,1-2H3. The van der Waals surface area contributed by atoms with Crippen LogP contribution in [0.3, 0.4) is 0 Å². The van der Waals surface area contributed by atoms with Crippen LogP contribution >= 0.6 is 34.3 Å². The summed E-state index contributed by atoms with van der Waals surface area (Å²) in [7, 11) is 1.56. The fourth-order valence-electron chi connectivity index (χ4n) is 2.51. The van der Waals surface area contributed by atoms with Gasteiger partial charge in [-0.3, -0.25) is 4.79 Å². The summed E-state index contributed by atoms with van der Waals surface area (Å²) >= 11 is 8.99. The van der Waals surface area contributed by atoms with Gasteiger partial charge in [-0.05, 0) is 37.3 Å². The molecule has 2 aromatic heterocycles. The fourth-order valence-corrected chi connectivity index (χ4v) is 4.16. The van der Waals surface area contributed by atoms with Gasteiger partial charge in [-0.2, -0.15) is 0 Å². The molecule has 3 rings (SSSR count). The average Bonchev–Trinajstić information content (AvgIpc) is 3.35. The number of halogens is 1. The van der Waals surface area contributed by atoms with Crippen molar-refractivity contribution >= 4 is 40.2 Å². The zero-order chi connectivity index (χ0) is 19.2. The highest BCUT2D eigenvalue weighted by atomic mass is 35.5. The number of carbonyl (C=O) groups is 1.